The van der Waals surface area contributed by atoms with E-state index >= 15 is 0 Å². The summed E-state index contributed by atoms with van der Waals surface area (Å²) in [7, 11) is 6.72. The predicted octanol–water partition coefficient (Wildman–Crippen LogP) is 6.18. The monoisotopic (exact) mass is 468 g/mol. The molecule has 0 unspecified atom stereocenters. The lowest BCUT2D eigenvalue weighted by Crippen LogP contribution is -1.96. The lowest BCUT2D eigenvalue weighted by Gasteiger charge is -2.12. The molecule has 1 heterocycles. The Morgan fingerprint density at radius 2 is 1.57 bits per heavy atom. The largest absolute Gasteiger partial charge is 0.493 e. The van der Waals surface area contributed by atoms with E-state index in [2.05, 4.69) is 5.32 Å². The first-order valence-electron chi connectivity index (χ1n) is 11.1. The number of methoxy groups -OCH3 is 3. The summed E-state index contributed by atoms with van der Waals surface area (Å²) < 4.78 is 18.2. The number of ketones is 1. The summed E-state index contributed by atoms with van der Waals surface area (Å²) in [5.74, 6) is 1.71. The van der Waals surface area contributed by atoms with E-state index in [0.717, 1.165) is 27.7 Å². The van der Waals surface area contributed by atoms with Gasteiger partial charge in [-0.2, -0.15) is 0 Å². The molecule has 3 aromatic carbocycles. The van der Waals surface area contributed by atoms with Gasteiger partial charge in [0.25, 0.3) is 0 Å². The van der Waals surface area contributed by atoms with Crippen molar-refractivity contribution < 1.29 is 19.0 Å². The molecule has 0 amide bonds. The van der Waals surface area contributed by atoms with E-state index in [1.807, 2.05) is 90.6 Å². The van der Waals surface area contributed by atoms with Gasteiger partial charge in [0, 0.05) is 47.7 Å². The van der Waals surface area contributed by atoms with Gasteiger partial charge in [-0.25, -0.2) is 0 Å². The van der Waals surface area contributed by atoms with Crippen LogP contribution in [0, 0.1) is 0 Å². The van der Waals surface area contributed by atoms with Crippen LogP contribution in [0.1, 0.15) is 21.5 Å². The molecule has 0 atom stereocenters. The zero-order valence-corrected chi connectivity index (χ0v) is 20.2. The van der Waals surface area contributed by atoms with E-state index in [0.29, 0.717) is 22.8 Å². The van der Waals surface area contributed by atoms with Crippen molar-refractivity contribution in [1.29, 1.82) is 0 Å². The third-order valence-corrected chi connectivity index (χ3v) is 5.69. The molecule has 0 radical (unpaired) electrons. The Bertz CT molecular complexity index is 1390. The number of nitrogens with zero attached hydrogens (tertiary/aromatic N) is 1. The fourth-order valence-corrected chi connectivity index (χ4v) is 3.96. The topological polar surface area (TPSA) is 61.7 Å². The van der Waals surface area contributed by atoms with Crippen LogP contribution in [0.3, 0.4) is 0 Å². The highest BCUT2D eigenvalue weighted by Crippen LogP contribution is 2.38. The molecule has 0 bridgehead atoms. The Labute approximate surface area is 205 Å². The summed E-state index contributed by atoms with van der Waals surface area (Å²) in [5.41, 5.74) is 4.50. The average Bonchev–Trinajstić information content (AvgIpc) is 3.23. The molecule has 0 spiro atoms. The van der Waals surface area contributed by atoms with Crippen LogP contribution in [-0.2, 0) is 7.05 Å². The lowest BCUT2D eigenvalue weighted by atomic mass is 10.1. The predicted molar refractivity (Wildman–Crippen MR) is 141 cm³/mol. The van der Waals surface area contributed by atoms with Crippen LogP contribution in [0.2, 0.25) is 0 Å². The Hall–Kier alpha value is -4.45. The number of para-hydroxylation sites is 1. The van der Waals surface area contributed by atoms with Crippen LogP contribution in [0.25, 0.3) is 23.1 Å². The number of carbonyl (C=O) groups is 1. The lowest BCUT2D eigenvalue weighted by molar-refractivity contribution is 0.104. The van der Waals surface area contributed by atoms with Crippen LogP contribution < -0.4 is 19.5 Å². The van der Waals surface area contributed by atoms with Crippen LogP contribution in [0.4, 0.5) is 5.69 Å². The van der Waals surface area contributed by atoms with Crippen molar-refractivity contribution in [3.8, 4) is 17.2 Å². The number of ether oxygens (including phenoxy) is 3. The molecule has 0 saturated carbocycles. The van der Waals surface area contributed by atoms with Crippen LogP contribution in [0.15, 0.2) is 79.1 Å². The summed E-state index contributed by atoms with van der Waals surface area (Å²) >= 11 is 0. The summed E-state index contributed by atoms with van der Waals surface area (Å²) in [4.78, 5) is 12.8. The molecule has 178 valence electrons. The first-order chi connectivity index (χ1) is 17.0. The zero-order valence-electron chi connectivity index (χ0n) is 20.2. The minimum absolute atomic E-state index is 0.0484. The summed E-state index contributed by atoms with van der Waals surface area (Å²) in [6.07, 6.45) is 9.07. The molecule has 4 rings (SSSR count). The second-order valence-electron chi connectivity index (χ2n) is 7.93. The molecular weight excluding hydrogens is 440 g/mol. The van der Waals surface area contributed by atoms with Gasteiger partial charge in [0.15, 0.2) is 17.3 Å². The molecule has 4 aromatic rings. The minimum Gasteiger partial charge on any atom is -0.493 e. The van der Waals surface area contributed by atoms with Crippen LogP contribution >= 0.6 is 0 Å². The van der Waals surface area contributed by atoms with Crippen molar-refractivity contribution in [3.63, 3.8) is 0 Å². The van der Waals surface area contributed by atoms with E-state index in [1.54, 1.807) is 33.6 Å². The highest BCUT2D eigenvalue weighted by molar-refractivity contribution is 6.13. The molecule has 1 N–H and O–H groups in total. The molecular formula is C29H28N2O4. The number of carbonyl (C=O) groups excluding carboxylic acids is 1. The number of nitrogens with one attached hydrogen (secondary N) is 1. The number of hydrogen-bond donors (Lipinski definition) is 1. The minimum atomic E-state index is -0.0484. The summed E-state index contributed by atoms with van der Waals surface area (Å²) in [6.45, 7) is 0. The number of rotatable bonds is 9. The Kier molecular flexibility index (Phi) is 7.21. The van der Waals surface area contributed by atoms with E-state index in [9.17, 15) is 4.79 Å². The Balaban J connectivity index is 1.47. The van der Waals surface area contributed by atoms with E-state index in [-0.39, 0.29) is 5.78 Å². The molecule has 0 fully saturated rings. The third-order valence-electron chi connectivity index (χ3n) is 5.69. The Morgan fingerprint density at radius 3 is 2.29 bits per heavy atom. The first kappa shape index (κ1) is 23.7. The number of aromatic nitrogens is 1. The molecule has 1 aromatic heterocycles. The normalized spacial score (nSPS) is 11.3. The highest BCUT2D eigenvalue weighted by Gasteiger charge is 2.12. The van der Waals surface area contributed by atoms with Crippen molar-refractivity contribution in [3.05, 3.63) is 95.8 Å². The fourth-order valence-electron chi connectivity index (χ4n) is 3.96. The smallest absolute Gasteiger partial charge is 0.203 e. The number of benzene rings is 3. The van der Waals surface area contributed by atoms with E-state index in [4.69, 9.17) is 14.2 Å². The summed E-state index contributed by atoms with van der Waals surface area (Å²) in [6, 6.07) is 19.6. The van der Waals surface area contributed by atoms with E-state index in [1.165, 1.54) is 0 Å². The maximum absolute atomic E-state index is 12.8. The van der Waals surface area contributed by atoms with Gasteiger partial charge >= 0.3 is 0 Å². The number of anilines is 1. The molecule has 6 nitrogen and oxygen atoms in total. The van der Waals surface area contributed by atoms with Crippen molar-refractivity contribution in [2.75, 3.05) is 26.6 Å². The maximum atomic E-state index is 12.8. The van der Waals surface area contributed by atoms with Gasteiger partial charge in [-0.15, -0.1) is 0 Å². The highest BCUT2D eigenvalue weighted by atomic mass is 16.5. The second kappa shape index (κ2) is 10.7. The van der Waals surface area contributed by atoms with Gasteiger partial charge in [0.2, 0.25) is 5.75 Å². The van der Waals surface area contributed by atoms with Crippen molar-refractivity contribution in [2.24, 2.45) is 7.05 Å². The van der Waals surface area contributed by atoms with Crippen LogP contribution in [0.5, 0.6) is 17.2 Å². The van der Waals surface area contributed by atoms with Gasteiger partial charge in [0.1, 0.15) is 0 Å². The van der Waals surface area contributed by atoms with Gasteiger partial charge in [-0.1, -0.05) is 42.5 Å². The van der Waals surface area contributed by atoms with Gasteiger partial charge in [0.05, 0.1) is 21.3 Å². The van der Waals surface area contributed by atoms with Crippen LogP contribution in [-0.4, -0.2) is 31.7 Å². The Morgan fingerprint density at radius 1 is 0.857 bits per heavy atom. The molecule has 35 heavy (non-hydrogen) atoms. The molecule has 6 heteroatoms. The standard InChI is InChI=1S/C29H28N2O4/c1-31-19-24(23-10-5-6-11-25(23)31)26(32)14-15-30-22-9-7-8-20(16-22)12-13-21-17-27(33-2)29(35-4)28(18-21)34-3/h5-19,30H,1-4H3/b13-12?,15-14-. The molecule has 0 aliphatic carbocycles. The van der Waals surface area contributed by atoms with Gasteiger partial charge in [-0.05, 0) is 41.5 Å². The fraction of sp³-hybridized carbons (Fsp3) is 0.138. The van der Waals surface area contributed by atoms with E-state index < -0.39 is 0 Å². The second-order valence-corrected chi connectivity index (χ2v) is 7.93. The summed E-state index contributed by atoms with van der Waals surface area (Å²) in [5, 5.41) is 4.14. The number of fused-ring (bicyclic) bond motifs is 1. The van der Waals surface area contributed by atoms with Gasteiger partial charge < -0.3 is 24.1 Å². The zero-order chi connectivity index (χ0) is 24.8. The quantitative estimate of drug-likeness (QED) is 0.180. The number of allylic oxidation sites excluding steroid dienone is 1. The molecule has 0 aliphatic heterocycles. The van der Waals surface area contributed by atoms with Crippen molar-refractivity contribution >= 4 is 34.5 Å². The number of aryl methyl sites for hydroxylation is 1. The molecule has 0 aliphatic rings. The third kappa shape index (κ3) is 5.22. The maximum Gasteiger partial charge on any atom is 0.203 e. The SMILES string of the molecule is COc1cc(C=Cc2cccc(N/C=C\C(=O)c3cn(C)c4ccccc34)c2)cc(OC)c1OC. The average molecular weight is 469 g/mol. The molecule has 0 saturated heterocycles. The van der Waals surface area contributed by atoms with Crippen molar-refractivity contribution in [1.82, 2.24) is 4.57 Å². The van der Waals surface area contributed by atoms with Crippen molar-refractivity contribution in [2.45, 2.75) is 0 Å². The number of hydrogen-bond acceptors (Lipinski definition) is 5. The first-order valence-corrected chi connectivity index (χ1v) is 11.1. The van der Waals surface area contributed by atoms with Gasteiger partial charge in [-0.3, -0.25) is 4.79 Å².